The molecule has 0 radical (unpaired) electrons. The summed E-state index contributed by atoms with van der Waals surface area (Å²) in [4.78, 5) is 72.7. The van der Waals surface area contributed by atoms with Crippen molar-refractivity contribution in [3.05, 3.63) is 0 Å². The average molecular weight is 1350 g/mol. The molecule has 0 rings (SSSR count). The number of esters is 4. The van der Waals surface area contributed by atoms with E-state index in [1.807, 2.05) is 0 Å². The Balaban J connectivity index is 5.26. The minimum absolute atomic E-state index is 0.104. The molecule has 3 N–H and O–H groups in total. The zero-order valence-corrected chi connectivity index (χ0v) is 61.8. The molecule has 0 heterocycles. The molecular formula is C73H142O17P2. The normalized spacial score (nSPS) is 14.4. The van der Waals surface area contributed by atoms with Crippen LogP contribution in [0.25, 0.3) is 0 Å². The van der Waals surface area contributed by atoms with Gasteiger partial charge in [0, 0.05) is 25.7 Å². The van der Waals surface area contributed by atoms with Gasteiger partial charge in [0.25, 0.3) is 0 Å². The average Bonchev–Trinajstić information content (AvgIpc) is 2.88. The van der Waals surface area contributed by atoms with Crippen LogP contribution in [0.5, 0.6) is 0 Å². The molecule has 0 aromatic heterocycles. The van der Waals surface area contributed by atoms with E-state index in [0.717, 1.165) is 108 Å². The van der Waals surface area contributed by atoms with Gasteiger partial charge in [0.05, 0.1) is 26.4 Å². The monoisotopic (exact) mass is 1350 g/mol. The van der Waals surface area contributed by atoms with E-state index in [4.69, 9.17) is 37.0 Å². The van der Waals surface area contributed by atoms with Gasteiger partial charge in [-0.15, -0.1) is 0 Å². The Morgan fingerprint density at radius 3 is 0.826 bits per heavy atom. The second-order valence-corrected chi connectivity index (χ2v) is 30.4. The Labute approximate surface area is 562 Å². The molecule has 0 fully saturated rings. The third-order valence-electron chi connectivity index (χ3n) is 17.2. The Morgan fingerprint density at radius 1 is 0.315 bits per heavy atom. The maximum absolute atomic E-state index is 13.1. The third kappa shape index (κ3) is 65.4. The van der Waals surface area contributed by atoms with Crippen LogP contribution in [0, 0.1) is 17.8 Å². The maximum atomic E-state index is 13.1. The van der Waals surface area contributed by atoms with E-state index in [2.05, 4.69) is 48.5 Å². The van der Waals surface area contributed by atoms with Gasteiger partial charge in [0.2, 0.25) is 0 Å². The van der Waals surface area contributed by atoms with E-state index in [1.165, 1.54) is 180 Å². The van der Waals surface area contributed by atoms with Crippen LogP contribution >= 0.6 is 15.6 Å². The first-order valence-electron chi connectivity index (χ1n) is 37.9. The summed E-state index contributed by atoms with van der Waals surface area (Å²) >= 11 is 0. The fourth-order valence-electron chi connectivity index (χ4n) is 11.0. The molecule has 6 atom stereocenters. The van der Waals surface area contributed by atoms with Crippen molar-refractivity contribution in [1.82, 2.24) is 0 Å². The highest BCUT2D eigenvalue weighted by Crippen LogP contribution is 2.45. The lowest BCUT2D eigenvalue weighted by atomic mass is 9.99. The van der Waals surface area contributed by atoms with Crippen LogP contribution in [0.3, 0.4) is 0 Å². The number of unbranched alkanes of at least 4 members (excludes halogenated alkanes) is 38. The molecule has 0 aromatic carbocycles. The summed E-state index contributed by atoms with van der Waals surface area (Å²) in [6.45, 7) is 11.8. The fourth-order valence-corrected chi connectivity index (χ4v) is 12.6. The van der Waals surface area contributed by atoms with Crippen molar-refractivity contribution in [2.45, 2.75) is 388 Å². The molecule has 0 aliphatic rings. The topological polar surface area (TPSA) is 237 Å². The first-order valence-corrected chi connectivity index (χ1v) is 40.9. The van der Waals surface area contributed by atoms with Gasteiger partial charge in [-0.1, -0.05) is 318 Å². The number of carbonyl (C=O) groups is 4. The fraction of sp³-hybridized carbons (Fsp3) is 0.945. The molecule has 0 bridgehead atoms. The van der Waals surface area contributed by atoms with E-state index in [1.54, 1.807) is 0 Å². The van der Waals surface area contributed by atoms with Gasteiger partial charge in [-0.3, -0.25) is 37.3 Å². The van der Waals surface area contributed by atoms with Crippen LogP contribution in [-0.4, -0.2) is 96.7 Å². The van der Waals surface area contributed by atoms with E-state index < -0.39 is 97.5 Å². The summed E-state index contributed by atoms with van der Waals surface area (Å²) in [5.41, 5.74) is 0. The Kier molecular flexibility index (Phi) is 62.4. The van der Waals surface area contributed by atoms with E-state index in [0.29, 0.717) is 25.7 Å². The number of ether oxygens (including phenoxy) is 4. The maximum Gasteiger partial charge on any atom is 0.472 e. The van der Waals surface area contributed by atoms with Gasteiger partial charge in [-0.2, -0.15) is 0 Å². The quantitative estimate of drug-likeness (QED) is 0.0222. The lowest BCUT2D eigenvalue weighted by Gasteiger charge is -2.21. The number of aliphatic hydroxyl groups excluding tert-OH is 1. The second-order valence-electron chi connectivity index (χ2n) is 27.5. The molecule has 546 valence electrons. The summed E-state index contributed by atoms with van der Waals surface area (Å²) in [5, 5.41) is 10.6. The lowest BCUT2D eigenvalue weighted by molar-refractivity contribution is -0.161. The highest BCUT2D eigenvalue weighted by molar-refractivity contribution is 7.47. The lowest BCUT2D eigenvalue weighted by Crippen LogP contribution is -2.30. The van der Waals surface area contributed by atoms with Gasteiger partial charge in [0.1, 0.15) is 19.3 Å². The molecule has 17 nitrogen and oxygen atoms in total. The van der Waals surface area contributed by atoms with Crippen LogP contribution in [0.2, 0.25) is 0 Å². The molecule has 0 saturated carbocycles. The molecule has 3 unspecified atom stereocenters. The van der Waals surface area contributed by atoms with Crippen molar-refractivity contribution in [2.75, 3.05) is 39.6 Å². The van der Waals surface area contributed by atoms with Crippen molar-refractivity contribution in [2.24, 2.45) is 17.8 Å². The minimum Gasteiger partial charge on any atom is -0.462 e. The van der Waals surface area contributed by atoms with Gasteiger partial charge in [0.15, 0.2) is 12.2 Å². The summed E-state index contributed by atoms with van der Waals surface area (Å²) in [5.74, 6) is 0.132. The summed E-state index contributed by atoms with van der Waals surface area (Å²) in [7, 11) is -9.91. The molecule has 0 aromatic rings. The van der Waals surface area contributed by atoms with Crippen molar-refractivity contribution < 1.29 is 80.2 Å². The smallest absolute Gasteiger partial charge is 0.462 e. The number of carbonyl (C=O) groups excluding carboxylic acids is 4. The third-order valence-corrected chi connectivity index (χ3v) is 19.1. The summed E-state index contributed by atoms with van der Waals surface area (Å²) in [6.07, 6.45) is 48.5. The summed E-state index contributed by atoms with van der Waals surface area (Å²) < 4.78 is 68.4. The van der Waals surface area contributed by atoms with Gasteiger partial charge in [-0.25, -0.2) is 9.13 Å². The van der Waals surface area contributed by atoms with Crippen molar-refractivity contribution >= 4 is 39.5 Å². The first-order chi connectivity index (χ1) is 44.3. The molecular weight excluding hydrogens is 1210 g/mol. The number of phosphoric acid groups is 2. The van der Waals surface area contributed by atoms with Crippen LogP contribution in [-0.2, 0) is 65.4 Å². The number of hydrogen-bond acceptors (Lipinski definition) is 15. The van der Waals surface area contributed by atoms with Crippen molar-refractivity contribution in [1.29, 1.82) is 0 Å². The van der Waals surface area contributed by atoms with E-state index >= 15 is 0 Å². The van der Waals surface area contributed by atoms with Crippen LogP contribution in [0.4, 0.5) is 0 Å². The standard InChI is InChI=1S/C73H142O17P2/c1-8-10-11-12-13-14-15-16-17-18-19-20-25-35-42-49-56-72(77)89-68(60-83-70(75)54-47-40-33-24-22-21-23-30-37-44-51-64(3)4)62-87-91(79,80)85-58-67(74)59-86-92(81,82)88-63-69(61-84-71(76)55-48-41-34-28-26-31-38-45-52-65(5)6)90-73(78)57-50-43-36-29-27-32-39-46-53-66(7)9-2/h64-69,74H,8-63H2,1-7H3,(H,79,80)(H,81,82)/t66?,67-,68-,69-/m1/s1. The predicted molar refractivity (Wildman–Crippen MR) is 372 cm³/mol. The summed E-state index contributed by atoms with van der Waals surface area (Å²) in [6, 6.07) is 0. The Morgan fingerprint density at radius 2 is 0.554 bits per heavy atom. The van der Waals surface area contributed by atoms with E-state index in [9.17, 15) is 43.2 Å². The zero-order chi connectivity index (χ0) is 68.0. The largest absolute Gasteiger partial charge is 0.472 e. The molecule has 0 aliphatic heterocycles. The van der Waals surface area contributed by atoms with Crippen molar-refractivity contribution in [3.8, 4) is 0 Å². The Hall–Kier alpha value is -1.94. The number of rotatable bonds is 71. The number of phosphoric ester groups is 2. The van der Waals surface area contributed by atoms with Crippen LogP contribution < -0.4 is 0 Å². The van der Waals surface area contributed by atoms with Crippen LogP contribution in [0.1, 0.15) is 370 Å². The first kappa shape index (κ1) is 90.1. The zero-order valence-electron chi connectivity index (χ0n) is 60.0. The number of hydrogen-bond donors (Lipinski definition) is 3. The van der Waals surface area contributed by atoms with Gasteiger partial charge in [-0.05, 0) is 43.4 Å². The van der Waals surface area contributed by atoms with Crippen molar-refractivity contribution in [3.63, 3.8) is 0 Å². The van der Waals surface area contributed by atoms with Gasteiger partial charge >= 0.3 is 39.5 Å². The molecule has 0 spiro atoms. The van der Waals surface area contributed by atoms with E-state index in [-0.39, 0.29) is 25.7 Å². The molecule has 92 heavy (non-hydrogen) atoms. The van der Waals surface area contributed by atoms with Gasteiger partial charge < -0.3 is 33.8 Å². The molecule has 19 heteroatoms. The van der Waals surface area contributed by atoms with Crippen LogP contribution in [0.15, 0.2) is 0 Å². The predicted octanol–water partition coefficient (Wildman–Crippen LogP) is 21.0. The SMILES string of the molecule is CCCCCCCCCCCCCCCCCCC(=O)O[C@H](COC(=O)CCCCCCCCCCCCC(C)C)COP(=O)(O)OC[C@@H](O)COP(=O)(O)OC[C@@H](COC(=O)CCCCCCCCCCC(C)C)OC(=O)CCCCCCCCCCC(C)CC. The molecule has 0 amide bonds. The second kappa shape index (κ2) is 63.8. The highest BCUT2D eigenvalue weighted by atomic mass is 31.2. The molecule has 0 saturated heterocycles. The molecule has 0 aliphatic carbocycles. The minimum atomic E-state index is -4.95. The Bertz CT molecular complexity index is 1800. The highest BCUT2D eigenvalue weighted by Gasteiger charge is 2.30. The number of aliphatic hydroxyl groups is 1.